The summed E-state index contributed by atoms with van der Waals surface area (Å²) in [5.41, 5.74) is 1.66. The quantitative estimate of drug-likeness (QED) is 0.591. The van der Waals surface area contributed by atoms with Gasteiger partial charge in [-0.05, 0) is 48.7 Å². The fourth-order valence-corrected chi connectivity index (χ4v) is 4.37. The van der Waals surface area contributed by atoms with Crippen molar-refractivity contribution in [3.8, 4) is 0 Å². The molecule has 1 aliphatic rings. The molecule has 2 aromatic rings. The molecule has 3 rings (SSSR count). The summed E-state index contributed by atoms with van der Waals surface area (Å²) in [7, 11) is 0. The molecule has 1 amide bonds. The monoisotopic (exact) mass is 449 g/mol. The molecule has 0 unspecified atom stereocenters. The average Bonchev–Trinajstić information content (AvgIpc) is 2.69. The van der Waals surface area contributed by atoms with E-state index in [0.717, 1.165) is 24.0 Å². The second kappa shape index (κ2) is 9.82. The van der Waals surface area contributed by atoms with E-state index in [1.54, 1.807) is 29.2 Å². The Hall–Kier alpha value is -2.08. The lowest BCUT2D eigenvalue weighted by Crippen LogP contribution is -2.54. The van der Waals surface area contributed by atoms with Crippen molar-refractivity contribution in [2.75, 3.05) is 0 Å². The van der Waals surface area contributed by atoms with E-state index in [4.69, 9.17) is 27.9 Å². The number of morpholine rings is 1. The van der Waals surface area contributed by atoms with Crippen LogP contribution < -0.4 is 0 Å². The number of benzene rings is 2. The van der Waals surface area contributed by atoms with Crippen LogP contribution >= 0.6 is 23.2 Å². The summed E-state index contributed by atoms with van der Waals surface area (Å²) in [6.45, 7) is 4.05. The Morgan fingerprint density at radius 2 is 1.83 bits per heavy atom. The predicted molar refractivity (Wildman–Crippen MR) is 117 cm³/mol. The number of ether oxygens (including phenoxy) is 1. The van der Waals surface area contributed by atoms with Gasteiger partial charge in [-0.1, -0.05) is 60.8 Å². The Kier molecular flexibility index (Phi) is 7.40. The topological polar surface area (TPSA) is 66.8 Å². The molecule has 1 fully saturated rings. The van der Waals surface area contributed by atoms with Crippen molar-refractivity contribution >= 4 is 35.1 Å². The normalized spacial score (nSPS) is 22.7. The number of aliphatic carboxylic acids is 1. The molecule has 0 aromatic heterocycles. The predicted octanol–water partition coefficient (Wildman–Crippen LogP) is 5.67. The Morgan fingerprint density at radius 1 is 1.13 bits per heavy atom. The summed E-state index contributed by atoms with van der Waals surface area (Å²) in [6, 6.07) is 14.1. The SMILES string of the molecule is CCC[C@@H](C)N1C(=O)[C@H](CC(=O)O)O[C@@H](c2cccc(Cl)c2)[C@H]1c1ccc(Cl)cc1. The largest absolute Gasteiger partial charge is 0.481 e. The summed E-state index contributed by atoms with van der Waals surface area (Å²) in [4.78, 5) is 26.6. The first-order valence-corrected chi connectivity index (χ1v) is 10.8. The van der Waals surface area contributed by atoms with Gasteiger partial charge in [-0.25, -0.2) is 0 Å². The van der Waals surface area contributed by atoms with Gasteiger partial charge in [0.15, 0.2) is 0 Å². The van der Waals surface area contributed by atoms with E-state index in [2.05, 4.69) is 6.92 Å². The summed E-state index contributed by atoms with van der Waals surface area (Å²) in [6.07, 6.45) is -0.332. The second-order valence-corrected chi connectivity index (χ2v) is 8.45. The van der Waals surface area contributed by atoms with Gasteiger partial charge in [0.1, 0.15) is 12.2 Å². The van der Waals surface area contributed by atoms with Crippen LogP contribution in [-0.4, -0.2) is 34.0 Å². The van der Waals surface area contributed by atoms with Crippen molar-refractivity contribution in [1.29, 1.82) is 0 Å². The third-order valence-electron chi connectivity index (χ3n) is 5.36. The van der Waals surface area contributed by atoms with Crippen LogP contribution in [0, 0.1) is 0 Å². The van der Waals surface area contributed by atoms with Crippen LogP contribution in [0.5, 0.6) is 0 Å². The minimum atomic E-state index is -1.08. The maximum absolute atomic E-state index is 13.4. The molecule has 1 aliphatic heterocycles. The number of carboxylic acids is 1. The average molecular weight is 450 g/mol. The number of amides is 1. The number of rotatable bonds is 7. The van der Waals surface area contributed by atoms with Crippen molar-refractivity contribution in [2.45, 2.75) is 57.4 Å². The zero-order chi connectivity index (χ0) is 21.8. The number of halogens is 2. The lowest BCUT2D eigenvalue weighted by atomic mass is 9.89. The van der Waals surface area contributed by atoms with Crippen LogP contribution in [0.2, 0.25) is 10.0 Å². The minimum Gasteiger partial charge on any atom is -0.481 e. The highest BCUT2D eigenvalue weighted by molar-refractivity contribution is 6.30. The molecule has 7 heteroatoms. The van der Waals surface area contributed by atoms with E-state index in [9.17, 15) is 14.7 Å². The third kappa shape index (κ3) is 4.97. The van der Waals surface area contributed by atoms with E-state index >= 15 is 0 Å². The van der Waals surface area contributed by atoms with Crippen LogP contribution in [-0.2, 0) is 14.3 Å². The van der Waals surface area contributed by atoms with E-state index in [0.29, 0.717) is 10.0 Å². The van der Waals surface area contributed by atoms with Gasteiger partial charge in [-0.3, -0.25) is 9.59 Å². The molecule has 4 atom stereocenters. The highest BCUT2D eigenvalue weighted by atomic mass is 35.5. The maximum Gasteiger partial charge on any atom is 0.306 e. The molecular formula is C23H25Cl2NO4. The Bertz CT molecular complexity index is 902. The van der Waals surface area contributed by atoms with Crippen LogP contribution in [0.3, 0.4) is 0 Å². The van der Waals surface area contributed by atoms with Crippen LogP contribution in [0.1, 0.15) is 56.4 Å². The number of nitrogens with zero attached hydrogens (tertiary/aromatic N) is 1. The van der Waals surface area contributed by atoms with Crippen LogP contribution in [0.15, 0.2) is 48.5 Å². The second-order valence-electron chi connectivity index (χ2n) is 7.58. The molecule has 1 N–H and O–H groups in total. The highest BCUT2D eigenvalue weighted by Gasteiger charge is 2.46. The molecule has 0 saturated carbocycles. The van der Waals surface area contributed by atoms with Crippen molar-refractivity contribution in [2.24, 2.45) is 0 Å². The van der Waals surface area contributed by atoms with Crippen molar-refractivity contribution in [1.82, 2.24) is 4.90 Å². The molecule has 5 nitrogen and oxygen atoms in total. The van der Waals surface area contributed by atoms with Crippen LogP contribution in [0.4, 0.5) is 0 Å². The first-order chi connectivity index (χ1) is 14.3. The van der Waals surface area contributed by atoms with Gasteiger partial charge in [0.05, 0.1) is 12.5 Å². The lowest BCUT2D eigenvalue weighted by molar-refractivity contribution is -0.183. The van der Waals surface area contributed by atoms with Gasteiger partial charge in [0.25, 0.3) is 5.91 Å². The van der Waals surface area contributed by atoms with Crippen molar-refractivity contribution < 1.29 is 19.4 Å². The molecule has 0 aliphatic carbocycles. The fraction of sp³-hybridized carbons (Fsp3) is 0.391. The van der Waals surface area contributed by atoms with Gasteiger partial charge in [-0.15, -0.1) is 0 Å². The number of hydrogen-bond donors (Lipinski definition) is 1. The molecular weight excluding hydrogens is 425 g/mol. The molecule has 2 aromatic carbocycles. The first kappa shape index (κ1) is 22.6. The molecule has 0 bridgehead atoms. The Labute approximate surface area is 186 Å². The number of carbonyl (C=O) groups is 2. The van der Waals surface area contributed by atoms with Crippen molar-refractivity contribution in [3.05, 3.63) is 69.7 Å². The zero-order valence-electron chi connectivity index (χ0n) is 16.9. The van der Waals surface area contributed by atoms with E-state index in [1.165, 1.54) is 0 Å². The van der Waals surface area contributed by atoms with E-state index in [1.807, 2.05) is 31.2 Å². The summed E-state index contributed by atoms with van der Waals surface area (Å²) in [5.74, 6) is -1.39. The molecule has 30 heavy (non-hydrogen) atoms. The van der Waals surface area contributed by atoms with Gasteiger partial charge in [0.2, 0.25) is 0 Å². The molecule has 1 heterocycles. The molecule has 0 radical (unpaired) electrons. The highest BCUT2D eigenvalue weighted by Crippen LogP contribution is 2.44. The maximum atomic E-state index is 13.4. The molecule has 1 saturated heterocycles. The molecule has 160 valence electrons. The van der Waals surface area contributed by atoms with Gasteiger partial charge < -0.3 is 14.7 Å². The van der Waals surface area contributed by atoms with Crippen molar-refractivity contribution in [3.63, 3.8) is 0 Å². The number of hydrogen-bond acceptors (Lipinski definition) is 3. The minimum absolute atomic E-state index is 0.0925. The van der Waals surface area contributed by atoms with Gasteiger partial charge in [0, 0.05) is 16.1 Å². The smallest absolute Gasteiger partial charge is 0.306 e. The summed E-state index contributed by atoms with van der Waals surface area (Å²) >= 11 is 12.3. The number of carboxylic acid groups (broad SMARTS) is 1. The zero-order valence-corrected chi connectivity index (χ0v) is 18.4. The summed E-state index contributed by atoms with van der Waals surface area (Å²) < 4.78 is 6.14. The Balaban J connectivity index is 2.14. The third-order valence-corrected chi connectivity index (χ3v) is 5.84. The van der Waals surface area contributed by atoms with Crippen LogP contribution in [0.25, 0.3) is 0 Å². The van der Waals surface area contributed by atoms with Gasteiger partial charge >= 0.3 is 5.97 Å². The van der Waals surface area contributed by atoms with E-state index in [-0.39, 0.29) is 11.9 Å². The Morgan fingerprint density at radius 3 is 2.43 bits per heavy atom. The number of carbonyl (C=O) groups excluding carboxylic acids is 1. The fourth-order valence-electron chi connectivity index (χ4n) is 4.04. The standard InChI is InChI=1S/C23H25Cl2NO4/c1-3-5-14(2)26-21(15-8-10-17(24)11-9-15)22(16-6-4-7-18(25)12-16)30-19(23(26)29)13-20(27)28/h4,6-12,14,19,21-22H,3,5,13H2,1-2H3,(H,27,28)/t14-,19+,21-,22+/m1/s1. The lowest BCUT2D eigenvalue weighted by Gasteiger charge is -2.47. The van der Waals surface area contributed by atoms with Gasteiger partial charge in [-0.2, -0.15) is 0 Å². The first-order valence-electron chi connectivity index (χ1n) is 10.0. The molecule has 0 spiro atoms. The van der Waals surface area contributed by atoms with E-state index < -0.39 is 30.6 Å². The summed E-state index contributed by atoms with van der Waals surface area (Å²) in [5, 5.41) is 10.5.